The fraction of sp³-hybridized carbons (Fsp3) is 1.00. The van der Waals surface area contributed by atoms with E-state index in [0.29, 0.717) is 5.41 Å². The first kappa shape index (κ1) is 17.2. The molecule has 1 saturated carbocycles. The van der Waals surface area contributed by atoms with E-state index >= 15 is 0 Å². The Morgan fingerprint density at radius 3 is 2.52 bits per heavy atom. The Morgan fingerprint density at radius 2 is 1.95 bits per heavy atom. The lowest BCUT2D eigenvalue weighted by Crippen LogP contribution is -2.47. The standard InChI is InChI=1S/C18H37N3/c1-5-19-14-18(10-8-16(2)9-11-18)15-20(3)13-17-7-6-12-21(17)4/h16-17,19H,5-15H2,1-4H3. The summed E-state index contributed by atoms with van der Waals surface area (Å²) in [4.78, 5) is 5.18. The van der Waals surface area contributed by atoms with Gasteiger partial charge in [-0.15, -0.1) is 0 Å². The van der Waals surface area contributed by atoms with E-state index in [1.807, 2.05) is 0 Å². The van der Waals surface area contributed by atoms with Crippen LogP contribution in [0.1, 0.15) is 52.4 Å². The highest BCUT2D eigenvalue weighted by atomic mass is 15.2. The molecule has 1 aliphatic heterocycles. The van der Waals surface area contributed by atoms with Gasteiger partial charge in [-0.25, -0.2) is 0 Å². The molecule has 0 aromatic rings. The normalized spacial score (nSPS) is 34.7. The first-order valence-corrected chi connectivity index (χ1v) is 9.14. The van der Waals surface area contributed by atoms with E-state index in [2.05, 4.69) is 43.1 Å². The second-order valence-electron chi connectivity index (χ2n) is 7.94. The van der Waals surface area contributed by atoms with Crippen LogP contribution < -0.4 is 5.32 Å². The molecule has 21 heavy (non-hydrogen) atoms. The molecule has 1 heterocycles. The number of likely N-dealkylation sites (N-methyl/N-ethyl adjacent to an activating group) is 2. The van der Waals surface area contributed by atoms with Crippen molar-refractivity contribution in [3.8, 4) is 0 Å². The van der Waals surface area contributed by atoms with Gasteiger partial charge < -0.3 is 15.1 Å². The molecule has 0 aromatic heterocycles. The van der Waals surface area contributed by atoms with Crippen LogP contribution >= 0.6 is 0 Å². The summed E-state index contributed by atoms with van der Waals surface area (Å²) in [5.41, 5.74) is 0.522. The molecule has 0 amide bonds. The van der Waals surface area contributed by atoms with Gasteiger partial charge in [0.2, 0.25) is 0 Å². The number of likely N-dealkylation sites (tertiary alicyclic amines) is 1. The summed E-state index contributed by atoms with van der Waals surface area (Å²) in [6.07, 6.45) is 8.43. The fourth-order valence-electron chi connectivity index (χ4n) is 4.36. The maximum Gasteiger partial charge on any atom is 0.0220 e. The molecule has 1 unspecified atom stereocenters. The zero-order valence-electron chi connectivity index (χ0n) is 14.8. The van der Waals surface area contributed by atoms with E-state index in [0.717, 1.165) is 18.5 Å². The number of hydrogen-bond donors (Lipinski definition) is 1. The smallest absolute Gasteiger partial charge is 0.0220 e. The Hall–Kier alpha value is -0.120. The molecule has 2 aliphatic rings. The van der Waals surface area contributed by atoms with Crippen molar-refractivity contribution in [1.82, 2.24) is 15.1 Å². The predicted octanol–water partition coefficient (Wildman–Crippen LogP) is 2.82. The molecule has 3 nitrogen and oxygen atoms in total. The minimum Gasteiger partial charge on any atom is -0.316 e. The molecule has 2 rings (SSSR count). The van der Waals surface area contributed by atoms with Gasteiger partial charge in [0.15, 0.2) is 0 Å². The topological polar surface area (TPSA) is 18.5 Å². The average molecular weight is 296 g/mol. The molecular weight excluding hydrogens is 258 g/mol. The summed E-state index contributed by atoms with van der Waals surface area (Å²) in [5.74, 6) is 0.936. The van der Waals surface area contributed by atoms with E-state index in [1.165, 1.54) is 64.7 Å². The Kier molecular flexibility index (Phi) is 6.51. The molecule has 0 aromatic carbocycles. The van der Waals surface area contributed by atoms with Crippen LogP contribution in [0.5, 0.6) is 0 Å². The number of hydrogen-bond acceptors (Lipinski definition) is 3. The largest absolute Gasteiger partial charge is 0.316 e. The zero-order chi connectivity index (χ0) is 15.3. The Balaban J connectivity index is 1.88. The highest BCUT2D eigenvalue weighted by Crippen LogP contribution is 2.39. The van der Waals surface area contributed by atoms with Crippen molar-refractivity contribution in [2.75, 3.05) is 46.8 Å². The maximum absolute atomic E-state index is 3.64. The second-order valence-corrected chi connectivity index (χ2v) is 7.94. The first-order valence-electron chi connectivity index (χ1n) is 9.14. The third kappa shape index (κ3) is 4.94. The van der Waals surface area contributed by atoms with E-state index in [9.17, 15) is 0 Å². The van der Waals surface area contributed by atoms with Gasteiger partial charge >= 0.3 is 0 Å². The van der Waals surface area contributed by atoms with Gasteiger partial charge in [0.25, 0.3) is 0 Å². The summed E-state index contributed by atoms with van der Waals surface area (Å²) in [6, 6.07) is 0.786. The number of nitrogens with one attached hydrogen (secondary N) is 1. The molecule has 1 atom stereocenters. The van der Waals surface area contributed by atoms with Crippen LogP contribution in [-0.2, 0) is 0 Å². The van der Waals surface area contributed by atoms with Crippen molar-refractivity contribution in [2.24, 2.45) is 11.3 Å². The summed E-state index contributed by atoms with van der Waals surface area (Å²) in [5, 5.41) is 3.64. The van der Waals surface area contributed by atoms with Crippen LogP contribution in [0.4, 0.5) is 0 Å². The minimum absolute atomic E-state index is 0.522. The summed E-state index contributed by atoms with van der Waals surface area (Å²) in [7, 11) is 4.64. The van der Waals surface area contributed by atoms with E-state index in [-0.39, 0.29) is 0 Å². The molecule has 1 N–H and O–H groups in total. The zero-order valence-corrected chi connectivity index (χ0v) is 14.8. The quantitative estimate of drug-likeness (QED) is 0.779. The van der Waals surface area contributed by atoms with Gasteiger partial charge in [-0.2, -0.15) is 0 Å². The van der Waals surface area contributed by atoms with Gasteiger partial charge in [-0.3, -0.25) is 0 Å². The predicted molar refractivity (Wildman–Crippen MR) is 91.8 cm³/mol. The molecule has 0 radical (unpaired) electrons. The molecule has 124 valence electrons. The Labute approximate surface area is 132 Å². The van der Waals surface area contributed by atoms with Crippen molar-refractivity contribution in [2.45, 2.75) is 58.4 Å². The minimum atomic E-state index is 0.522. The van der Waals surface area contributed by atoms with Crippen LogP contribution in [0, 0.1) is 11.3 Å². The van der Waals surface area contributed by atoms with E-state index in [4.69, 9.17) is 0 Å². The van der Waals surface area contributed by atoms with Crippen molar-refractivity contribution in [1.29, 1.82) is 0 Å². The fourth-order valence-corrected chi connectivity index (χ4v) is 4.36. The number of nitrogens with zero attached hydrogens (tertiary/aromatic N) is 2. The van der Waals surface area contributed by atoms with Crippen molar-refractivity contribution < 1.29 is 0 Å². The second kappa shape index (κ2) is 7.94. The van der Waals surface area contributed by atoms with Crippen LogP contribution in [0.3, 0.4) is 0 Å². The molecule has 0 bridgehead atoms. The van der Waals surface area contributed by atoms with E-state index < -0.39 is 0 Å². The molecule has 3 heteroatoms. The van der Waals surface area contributed by atoms with E-state index in [1.54, 1.807) is 0 Å². The highest BCUT2D eigenvalue weighted by molar-refractivity contribution is 4.90. The maximum atomic E-state index is 3.64. The van der Waals surface area contributed by atoms with Gasteiger partial charge in [0, 0.05) is 25.7 Å². The average Bonchev–Trinajstić information content (AvgIpc) is 2.85. The number of rotatable bonds is 7. The van der Waals surface area contributed by atoms with Gasteiger partial charge in [-0.05, 0) is 64.2 Å². The molecule has 1 saturated heterocycles. The summed E-state index contributed by atoms with van der Waals surface area (Å²) in [6.45, 7) is 10.8. The van der Waals surface area contributed by atoms with Crippen molar-refractivity contribution in [3.05, 3.63) is 0 Å². The molecular formula is C18H37N3. The van der Waals surface area contributed by atoms with Crippen LogP contribution in [0.25, 0.3) is 0 Å². The SMILES string of the molecule is CCNCC1(CN(C)CC2CCCN2C)CCC(C)CC1. The van der Waals surface area contributed by atoms with Crippen LogP contribution in [-0.4, -0.2) is 62.7 Å². The summed E-state index contributed by atoms with van der Waals surface area (Å²) >= 11 is 0. The molecule has 0 spiro atoms. The third-order valence-corrected chi connectivity index (χ3v) is 5.88. The molecule has 1 aliphatic carbocycles. The monoisotopic (exact) mass is 295 g/mol. The lowest BCUT2D eigenvalue weighted by molar-refractivity contribution is 0.0880. The van der Waals surface area contributed by atoms with Gasteiger partial charge in [0.1, 0.15) is 0 Å². The highest BCUT2D eigenvalue weighted by Gasteiger charge is 2.35. The Morgan fingerprint density at radius 1 is 1.24 bits per heavy atom. The molecule has 2 fully saturated rings. The van der Waals surface area contributed by atoms with Crippen molar-refractivity contribution in [3.63, 3.8) is 0 Å². The first-order chi connectivity index (χ1) is 10.0. The lowest BCUT2D eigenvalue weighted by Gasteiger charge is -2.43. The lowest BCUT2D eigenvalue weighted by atomic mass is 9.70. The Bertz CT molecular complexity index is 291. The summed E-state index contributed by atoms with van der Waals surface area (Å²) < 4.78 is 0. The van der Waals surface area contributed by atoms with Crippen LogP contribution in [0.15, 0.2) is 0 Å². The van der Waals surface area contributed by atoms with Crippen molar-refractivity contribution >= 4 is 0 Å². The third-order valence-electron chi connectivity index (χ3n) is 5.88. The van der Waals surface area contributed by atoms with Crippen LogP contribution in [0.2, 0.25) is 0 Å². The van der Waals surface area contributed by atoms with Gasteiger partial charge in [0.05, 0.1) is 0 Å². The van der Waals surface area contributed by atoms with Gasteiger partial charge in [-0.1, -0.05) is 26.7 Å².